The number of rotatable bonds is 3. The van der Waals surface area contributed by atoms with Crippen LogP contribution in [0.4, 0.5) is 0 Å². The van der Waals surface area contributed by atoms with E-state index < -0.39 is 0 Å². The number of allylic oxidation sites excluding steroid dienone is 1. The lowest BCUT2D eigenvalue weighted by Gasteiger charge is -2.23. The first-order valence-corrected chi connectivity index (χ1v) is 8.69. The van der Waals surface area contributed by atoms with Gasteiger partial charge in [0.15, 0.2) is 17.0 Å². The number of carbonyl (C=O) groups excluding carboxylic acids is 3. The molecule has 0 aromatic carbocycles. The molecule has 116 valence electrons. The number of ether oxygens (including phenoxy) is 1. The van der Waals surface area contributed by atoms with Crippen molar-refractivity contribution in [2.75, 3.05) is 14.1 Å². The van der Waals surface area contributed by atoms with Crippen molar-refractivity contribution in [2.45, 2.75) is 43.4 Å². The van der Waals surface area contributed by atoms with Crippen LogP contribution in [0.3, 0.4) is 0 Å². The van der Waals surface area contributed by atoms with Gasteiger partial charge in [-0.3, -0.25) is 19.3 Å². The number of hydrogen-bond donors (Lipinski definition) is 0. The maximum atomic E-state index is 12.0. The highest BCUT2D eigenvalue weighted by atomic mass is 32.2. The van der Waals surface area contributed by atoms with Crippen LogP contribution in [0, 0.1) is 0 Å². The van der Waals surface area contributed by atoms with Crippen molar-refractivity contribution < 1.29 is 19.1 Å². The minimum absolute atomic E-state index is 0.0822. The number of esters is 1. The Morgan fingerprint density at radius 3 is 2.38 bits per heavy atom. The second-order valence-electron chi connectivity index (χ2n) is 5.16. The van der Waals surface area contributed by atoms with Crippen molar-refractivity contribution in [1.29, 1.82) is 0 Å². The number of ketones is 2. The van der Waals surface area contributed by atoms with E-state index in [1.165, 1.54) is 23.5 Å². The molecule has 0 bridgehead atoms. The van der Waals surface area contributed by atoms with Crippen LogP contribution in [0.5, 0.6) is 0 Å². The Labute approximate surface area is 132 Å². The molecule has 2 rings (SSSR count). The van der Waals surface area contributed by atoms with Crippen molar-refractivity contribution in [3.63, 3.8) is 0 Å². The van der Waals surface area contributed by atoms with E-state index in [4.69, 9.17) is 4.74 Å². The molecule has 1 saturated carbocycles. The summed E-state index contributed by atoms with van der Waals surface area (Å²) in [6.07, 6.45) is 1.80. The highest BCUT2D eigenvalue weighted by Crippen LogP contribution is 2.50. The van der Waals surface area contributed by atoms with Gasteiger partial charge >= 0.3 is 5.97 Å². The van der Waals surface area contributed by atoms with E-state index in [0.717, 1.165) is 0 Å². The smallest absolute Gasteiger partial charge is 0.306 e. The van der Waals surface area contributed by atoms with E-state index in [-0.39, 0.29) is 28.3 Å². The standard InChI is InChI=1S/C14H19NO4S2/c1-4-10(18)19-13-12(15(2)3)20-14(21-13)11-8(16)6-5-7-9(11)17/h12-13H,4-7H2,1-3H3. The SMILES string of the molecule is CCC(=O)OC1SC(=C2C(=O)CCCC2=O)SC1N(C)C. The largest absolute Gasteiger partial charge is 0.448 e. The summed E-state index contributed by atoms with van der Waals surface area (Å²) in [5.41, 5.74) is -0.0689. The van der Waals surface area contributed by atoms with Gasteiger partial charge in [0, 0.05) is 19.3 Å². The van der Waals surface area contributed by atoms with Gasteiger partial charge in [0.2, 0.25) is 0 Å². The number of nitrogens with zero attached hydrogens (tertiary/aromatic N) is 1. The molecule has 1 aliphatic heterocycles. The van der Waals surface area contributed by atoms with Crippen molar-refractivity contribution in [3.8, 4) is 0 Å². The molecular weight excluding hydrogens is 310 g/mol. The first-order valence-electron chi connectivity index (χ1n) is 6.94. The van der Waals surface area contributed by atoms with Crippen LogP contribution >= 0.6 is 23.5 Å². The summed E-state index contributed by atoms with van der Waals surface area (Å²) < 4.78 is 6.14. The Hall–Kier alpha value is -0.790. The fraction of sp³-hybridized carbons (Fsp3) is 0.643. The number of carbonyl (C=O) groups is 3. The topological polar surface area (TPSA) is 63.7 Å². The van der Waals surface area contributed by atoms with Gasteiger partial charge in [-0.15, -0.1) is 0 Å². The zero-order valence-electron chi connectivity index (χ0n) is 12.4. The Morgan fingerprint density at radius 2 is 1.86 bits per heavy atom. The zero-order chi connectivity index (χ0) is 15.6. The quantitative estimate of drug-likeness (QED) is 0.446. The second kappa shape index (κ2) is 6.98. The van der Waals surface area contributed by atoms with E-state index in [1.54, 1.807) is 6.92 Å². The summed E-state index contributed by atoms with van der Waals surface area (Å²) in [4.78, 5) is 37.5. The number of hydrogen-bond acceptors (Lipinski definition) is 7. The predicted octanol–water partition coefficient (Wildman–Crippen LogP) is 2.17. The molecule has 0 aromatic rings. The third kappa shape index (κ3) is 3.70. The monoisotopic (exact) mass is 329 g/mol. The van der Waals surface area contributed by atoms with Crippen molar-refractivity contribution in [2.24, 2.45) is 0 Å². The van der Waals surface area contributed by atoms with Crippen LogP contribution in [0.25, 0.3) is 0 Å². The molecule has 2 atom stereocenters. The van der Waals surface area contributed by atoms with E-state index >= 15 is 0 Å². The van der Waals surface area contributed by atoms with Gasteiger partial charge in [0.25, 0.3) is 0 Å². The van der Waals surface area contributed by atoms with Crippen LogP contribution in [0.2, 0.25) is 0 Å². The first kappa shape index (κ1) is 16.6. The van der Waals surface area contributed by atoms with Gasteiger partial charge in [0.05, 0.1) is 9.81 Å². The van der Waals surface area contributed by atoms with Crippen molar-refractivity contribution in [1.82, 2.24) is 4.90 Å². The number of thioether (sulfide) groups is 2. The summed E-state index contributed by atoms with van der Waals surface area (Å²) in [6, 6.07) is 0. The van der Waals surface area contributed by atoms with Crippen LogP contribution in [0.15, 0.2) is 9.81 Å². The summed E-state index contributed by atoms with van der Waals surface area (Å²) >= 11 is 2.76. The highest BCUT2D eigenvalue weighted by molar-refractivity contribution is 8.26. The maximum absolute atomic E-state index is 12.0. The molecule has 2 fully saturated rings. The van der Waals surface area contributed by atoms with Gasteiger partial charge in [-0.05, 0) is 20.5 Å². The number of Topliss-reactive ketones (excluding diaryl/α,β-unsaturated/α-hetero) is 2. The molecule has 21 heavy (non-hydrogen) atoms. The molecule has 0 amide bonds. The fourth-order valence-electron chi connectivity index (χ4n) is 2.16. The molecular formula is C14H19NO4S2. The second-order valence-corrected chi connectivity index (χ2v) is 7.66. The van der Waals surface area contributed by atoms with E-state index in [2.05, 4.69) is 0 Å². The maximum Gasteiger partial charge on any atom is 0.306 e. The molecule has 1 saturated heterocycles. The Morgan fingerprint density at radius 1 is 1.24 bits per heavy atom. The Balaban J connectivity index is 2.25. The average molecular weight is 329 g/mol. The zero-order valence-corrected chi connectivity index (χ0v) is 14.0. The molecule has 0 spiro atoms. The van der Waals surface area contributed by atoms with Crippen LogP contribution < -0.4 is 0 Å². The van der Waals surface area contributed by atoms with Crippen LogP contribution in [-0.4, -0.2) is 47.3 Å². The molecule has 1 aliphatic carbocycles. The lowest BCUT2D eigenvalue weighted by atomic mass is 9.94. The van der Waals surface area contributed by atoms with Gasteiger partial charge in [-0.2, -0.15) is 0 Å². The van der Waals surface area contributed by atoms with Gasteiger partial charge in [0.1, 0.15) is 5.37 Å². The highest BCUT2D eigenvalue weighted by Gasteiger charge is 2.40. The lowest BCUT2D eigenvalue weighted by molar-refractivity contribution is -0.145. The molecule has 1 heterocycles. The first-order chi connectivity index (χ1) is 9.93. The fourth-order valence-corrected chi connectivity index (χ4v) is 5.31. The Kier molecular flexibility index (Phi) is 5.51. The summed E-state index contributed by atoms with van der Waals surface area (Å²) in [6.45, 7) is 1.74. The minimum Gasteiger partial charge on any atom is -0.448 e. The normalized spacial score (nSPS) is 26.7. The van der Waals surface area contributed by atoms with Gasteiger partial charge in [-0.25, -0.2) is 0 Å². The third-order valence-corrected chi connectivity index (χ3v) is 6.38. The molecule has 2 aliphatic rings. The van der Waals surface area contributed by atoms with Crippen LogP contribution in [-0.2, 0) is 19.1 Å². The van der Waals surface area contributed by atoms with E-state index in [9.17, 15) is 14.4 Å². The van der Waals surface area contributed by atoms with E-state index in [0.29, 0.717) is 35.5 Å². The van der Waals surface area contributed by atoms with Crippen molar-refractivity contribution in [3.05, 3.63) is 9.81 Å². The molecule has 2 unspecified atom stereocenters. The predicted molar refractivity (Wildman–Crippen MR) is 83.7 cm³/mol. The van der Waals surface area contributed by atoms with Gasteiger partial charge in [-0.1, -0.05) is 30.4 Å². The molecule has 0 radical (unpaired) electrons. The summed E-state index contributed by atoms with van der Waals surface area (Å²) in [5, 5.41) is -0.0875. The number of likely N-dealkylation sites (N-methyl/N-ethyl adjacent to an activating group) is 1. The van der Waals surface area contributed by atoms with Crippen molar-refractivity contribution >= 4 is 41.1 Å². The summed E-state index contributed by atoms with van der Waals surface area (Å²) in [5.74, 6) is -0.435. The van der Waals surface area contributed by atoms with Gasteiger partial charge < -0.3 is 4.74 Å². The third-order valence-electron chi connectivity index (χ3n) is 3.30. The minimum atomic E-state index is -0.387. The van der Waals surface area contributed by atoms with E-state index in [1.807, 2.05) is 19.0 Å². The average Bonchev–Trinajstić information content (AvgIpc) is 2.82. The molecule has 0 aromatic heterocycles. The molecule has 7 heteroatoms. The Bertz CT molecular complexity index is 483. The molecule has 0 N–H and O–H groups in total. The molecule has 5 nitrogen and oxygen atoms in total. The van der Waals surface area contributed by atoms with Crippen LogP contribution in [0.1, 0.15) is 32.6 Å². The lowest BCUT2D eigenvalue weighted by Crippen LogP contribution is -2.34. The summed E-state index contributed by atoms with van der Waals surface area (Å²) in [7, 11) is 3.78.